The van der Waals surface area contributed by atoms with Crippen LogP contribution in [0.2, 0.25) is 0 Å². The summed E-state index contributed by atoms with van der Waals surface area (Å²) >= 11 is 0. The van der Waals surface area contributed by atoms with Gasteiger partial charge in [0.05, 0.1) is 18.6 Å². The van der Waals surface area contributed by atoms with Gasteiger partial charge in [0.15, 0.2) is 5.69 Å². The Morgan fingerprint density at radius 3 is 2.48 bits per heavy atom. The average molecular weight is 386 g/mol. The van der Waals surface area contributed by atoms with Gasteiger partial charge in [0.25, 0.3) is 0 Å². The quantitative estimate of drug-likeness (QED) is 0.721. The summed E-state index contributed by atoms with van der Waals surface area (Å²) in [5.41, 5.74) is 2.62. The van der Waals surface area contributed by atoms with E-state index in [1.54, 1.807) is 6.33 Å². The van der Waals surface area contributed by atoms with Crippen LogP contribution in [0.3, 0.4) is 0 Å². The maximum Gasteiger partial charge on any atom is 0.158 e. The molecule has 0 spiro atoms. The topological polar surface area (TPSA) is 85.9 Å². The van der Waals surface area contributed by atoms with E-state index in [-0.39, 0.29) is 5.69 Å². The van der Waals surface area contributed by atoms with E-state index in [1.807, 2.05) is 16.8 Å². The van der Waals surface area contributed by atoms with Gasteiger partial charge in [0.1, 0.15) is 24.0 Å². The maximum atomic E-state index is 8.79. The van der Waals surface area contributed by atoms with Crippen LogP contribution in [0.15, 0.2) is 49.2 Å². The first-order chi connectivity index (χ1) is 14.3. The molecule has 0 bridgehead atoms. The third kappa shape index (κ3) is 3.65. The number of nitrogens with one attached hydrogen (secondary N) is 1. The normalized spacial score (nSPS) is 19.0. The fourth-order valence-electron chi connectivity index (χ4n) is 3.93. The molecule has 3 aromatic rings. The molecule has 8 nitrogen and oxygen atoms in total. The van der Waals surface area contributed by atoms with Crippen molar-refractivity contribution in [3.8, 4) is 11.8 Å². The number of hydrogen-bond donors (Lipinski definition) is 1. The molecule has 2 fully saturated rings. The van der Waals surface area contributed by atoms with Gasteiger partial charge in [-0.1, -0.05) is 0 Å². The van der Waals surface area contributed by atoms with Crippen molar-refractivity contribution in [3.05, 3.63) is 54.9 Å². The molecule has 0 radical (unpaired) electrons. The number of nitrogens with zero attached hydrogens (tertiary/aromatic N) is 7. The highest BCUT2D eigenvalue weighted by Gasteiger charge is 2.30. The van der Waals surface area contributed by atoms with Crippen LogP contribution in [0.25, 0.3) is 5.69 Å². The molecule has 2 saturated heterocycles. The summed E-state index contributed by atoms with van der Waals surface area (Å²) in [7, 11) is 0. The first kappa shape index (κ1) is 17.6. The summed E-state index contributed by atoms with van der Waals surface area (Å²) in [4.78, 5) is 17.6. The van der Waals surface area contributed by atoms with Crippen molar-refractivity contribution in [3.63, 3.8) is 0 Å². The van der Waals surface area contributed by atoms with Crippen LogP contribution in [0.1, 0.15) is 18.5 Å². The Labute approximate surface area is 169 Å². The van der Waals surface area contributed by atoms with E-state index in [4.69, 9.17) is 5.26 Å². The molecule has 0 aliphatic carbocycles. The fourth-order valence-corrected chi connectivity index (χ4v) is 3.93. The summed E-state index contributed by atoms with van der Waals surface area (Å²) in [6.07, 6.45) is 9.24. The molecule has 2 aliphatic rings. The standard InChI is InChI=1S/C21H22N8/c22-10-16-11-24-20(12-23-16)26-21-14-29(15-25-21)18-4-2-17(3-5-18)28-9-6-19(13-28)27-7-1-8-27/h2-5,11-12,14-15,19H,1,6-9,13H2,(H,24,26). The molecule has 1 atom stereocenters. The Bertz CT molecular complexity index is 1010. The third-order valence-corrected chi connectivity index (χ3v) is 5.69. The Balaban J connectivity index is 1.24. The maximum absolute atomic E-state index is 8.79. The molecule has 0 saturated carbocycles. The number of likely N-dealkylation sites (tertiary alicyclic amines) is 1. The smallest absolute Gasteiger partial charge is 0.158 e. The Morgan fingerprint density at radius 1 is 0.966 bits per heavy atom. The summed E-state index contributed by atoms with van der Waals surface area (Å²) < 4.78 is 1.97. The van der Waals surface area contributed by atoms with Gasteiger partial charge in [0.2, 0.25) is 0 Å². The van der Waals surface area contributed by atoms with E-state index in [0.717, 1.165) is 24.8 Å². The molecule has 2 aliphatic heterocycles. The lowest BCUT2D eigenvalue weighted by atomic mass is 10.1. The number of rotatable bonds is 5. The van der Waals surface area contributed by atoms with E-state index in [1.165, 1.54) is 44.0 Å². The highest BCUT2D eigenvalue weighted by molar-refractivity contribution is 5.54. The molecule has 29 heavy (non-hydrogen) atoms. The fraction of sp³-hybridized carbons (Fsp3) is 0.333. The molecule has 5 rings (SSSR count). The first-order valence-electron chi connectivity index (χ1n) is 9.91. The van der Waals surface area contributed by atoms with Gasteiger partial charge in [-0.3, -0.25) is 4.90 Å². The Hall–Kier alpha value is -3.44. The second kappa shape index (κ2) is 7.53. The zero-order chi connectivity index (χ0) is 19.6. The van der Waals surface area contributed by atoms with Crippen LogP contribution in [0.4, 0.5) is 17.3 Å². The van der Waals surface area contributed by atoms with Crippen LogP contribution in [0, 0.1) is 11.3 Å². The van der Waals surface area contributed by atoms with E-state index >= 15 is 0 Å². The average Bonchev–Trinajstić information content (AvgIpc) is 3.38. The zero-order valence-corrected chi connectivity index (χ0v) is 16.1. The van der Waals surface area contributed by atoms with E-state index in [0.29, 0.717) is 11.6 Å². The molecule has 2 aromatic heterocycles. The monoisotopic (exact) mass is 386 g/mol. The highest BCUT2D eigenvalue weighted by Crippen LogP contribution is 2.26. The number of nitriles is 1. The predicted octanol–water partition coefficient (Wildman–Crippen LogP) is 2.56. The third-order valence-electron chi connectivity index (χ3n) is 5.69. The van der Waals surface area contributed by atoms with Crippen molar-refractivity contribution in [2.45, 2.75) is 18.9 Å². The van der Waals surface area contributed by atoms with E-state index in [2.05, 4.69) is 54.3 Å². The van der Waals surface area contributed by atoms with E-state index < -0.39 is 0 Å². The number of hydrogen-bond acceptors (Lipinski definition) is 7. The number of anilines is 3. The second-order valence-electron chi connectivity index (χ2n) is 7.48. The molecular formula is C21H22N8. The largest absolute Gasteiger partial charge is 0.370 e. The van der Waals surface area contributed by atoms with Crippen LogP contribution >= 0.6 is 0 Å². The lowest BCUT2D eigenvalue weighted by Crippen LogP contribution is -2.46. The molecule has 1 aromatic carbocycles. The van der Waals surface area contributed by atoms with Crippen LogP contribution in [-0.2, 0) is 0 Å². The summed E-state index contributed by atoms with van der Waals surface area (Å²) in [5, 5.41) is 11.9. The minimum atomic E-state index is 0.287. The van der Waals surface area contributed by atoms with Crippen LogP contribution in [-0.4, -0.2) is 56.6 Å². The van der Waals surface area contributed by atoms with Crippen LogP contribution in [0.5, 0.6) is 0 Å². The van der Waals surface area contributed by atoms with Crippen molar-refractivity contribution in [1.82, 2.24) is 24.4 Å². The van der Waals surface area contributed by atoms with Crippen molar-refractivity contribution in [2.24, 2.45) is 0 Å². The molecule has 1 unspecified atom stereocenters. The molecule has 4 heterocycles. The SMILES string of the molecule is N#Cc1cnc(Nc2cn(-c3ccc(N4CCC(N5CCC5)C4)cc3)cn2)cn1. The Morgan fingerprint density at radius 2 is 1.79 bits per heavy atom. The van der Waals surface area contributed by atoms with Gasteiger partial charge in [-0.05, 0) is 50.2 Å². The minimum absolute atomic E-state index is 0.287. The number of imidazole rings is 1. The summed E-state index contributed by atoms with van der Waals surface area (Å²) in [6, 6.07) is 11.3. The van der Waals surface area contributed by atoms with Crippen molar-refractivity contribution >= 4 is 17.3 Å². The van der Waals surface area contributed by atoms with E-state index in [9.17, 15) is 0 Å². The van der Waals surface area contributed by atoms with Gasteiger partial charge in [-0.2, -0.15) is 5.26 Å². The first-order valence-corrected chi connectivity index (χ1v) is 9.91. The molecule has 0 amide bonds. The van der Waals surface area contributed by atoms with Gasteiger partial charge < -0.3 is 14.8 Å². The lowest BCUT2D eigenvalue weighted by molar-refractivity contribution is 0.129. The molecular weight excluding hydrogens is 364 g/mol. The molecule has 1 N–H and O–H groups in total. The predicted molar refractivity (Wildman–Crippen MR) is 110 cm³/mol. The second-order valence-corrected chi connectivity index (χ2v) is 7.48. The van der Waals surface area contributed by atoms with Crippen molar-refractivity contribution in [1.29, 1.82) is 5.26 Å². The highest BCUT2D eigenvalue weighted by atomic mass is 15.3. The van der Waals surface area contributed by atoms with Gasteiger partial charge in [0, 0.05) is 30.5 Å². The number of benzene rings is 1. The Kier molecular flexibility index (Phi) is 4.58. The van der Waals surface area contributed by atoms with Crippen molar-refractivity contribution < 1.29 is 0 Å². The van der Waals surface area contributed by atoms with Gasteiger partial charge >= 0.3 is 0 Å². The molecule has 8 heteroatoms. The number of aromatic nitrogens is 4. The summed E-state index contributed by atoms with van der Waals surface area (Å²) in [5.74, 6) is 1.22. The van der Waals surface area contributed by atoms with Gasteiger partial charge in [-0.15, -0.1) is 0 Å². The summed E-state index contributed by atoms with van der Waals surface area (Å²) in [6.45, 7) is 4.79. The van der Waals surface area contributed by atoms with Crippen molar-refractivity contribution in [2.75, 3.05) is 36.4 Å². The van der Waals surface area contributed by atoms with Gasteiger partial charge in [-0.25, -0.2) is 15.0 Å². The lowest BCUT2D eigenvalue weighted by Gasteiger charge is -2.36. The minimum Gasteiger partial charge on any atom is -0.370 e. The zero-order valence-electron chi connectivity index (χ0n) is 16.1. The molecule has 146 valence electrons. The van der Waals surface area contributed by atoms with Crippen LogP contribution < -0.4 is 10.2 Å².